The highest BCUT2D eigenvalue weighted by Crippen LogP contribution is 2.24. The standard InChI is InChI=1S/C18H14ClFN4O2S2/c1-10-8-12(20)4-7-14(10)22-15(25)9-27-18-24-23-17(28-18)16(26)21-13-5-2-11(19)3-6-13/h2-8H,9H2,1H3,(H,21,26)(H,22,25). The predicted octanol–water partition coefficient (Wildman–Crippen LogP) is 4.62. The van der Waals surface area contributed by atoms with Crippen molar-refractivity contribution in [2.75, 3.05) is 16.4 Å². The Hall–Kier alpha value is -2.49. The normalized spacial score (nSPS) is 10.5. The van der Waals surface area contributed by atoms with Gasteiger partial charge in [0.1, 0.15) is 5.82 Å². The number of nitrogens with zero attached hydrogens (tertiary/aromatic N) is 2. The van der Waals surface area contributed by atoms with Gasteiger partial charge in [-0.3, -0.25) is 9.59 Å². The Labute approximate surface area is 173 Å². The Morgan fingerprint density at radius 2 is 1.89 bits per heavy atom. The van der Waals surface area contributed by atoms with Crippen molar-refractivity contribution in [3.05, 3.63) is 63.9 Å². The molecule has 1 heterocycles. The molecule has 0 fully saturated rings. The molecule has 10 heteroatoms. The van der Waals surface area contributed by atoms with Gasteiger partial charge in [-0.15, -0.1) is 10.2 Å². The van der Waals surface area contributed by atoms with Crippen LogP contribution < -0.4 is 10.6 Å². The quantitative estimate of drug-likeness (QED) is 0.551. The zero-order chi connectivity index (χ0) is 20.1. The van der Waals surface area contributed by atoms with Crippen molar-refractivity contribution in [1.29, 1.82) is 0 Å². The number of aryl methyl sites for hydroxylation is 1. The fourth-order valence-corrected chi connectivity index (χ4v) is 3.83. The van der Waals surface area contributed by atoms with Crippen LogP contribution in [0.5, 0.6) is 0 Å². The van der Waals surface area contributed by atoms with E-state index in [1.54, 1.807) is 31.2 Å². The molecule has 0 aliphatic carbocycles. The summed E-state index contributed by atoms with van der Waals surface area (Å²) >= 11 is 8.06. The number of carbonyl (C=O) groups is 2. The minimum absolute atomic E-state index is 0.0876. The molecule has 0 saturated carbocycles. The van der Waals surface area contributed by atoms with E-state index in [9.17, 15) is 14.0 Å². The van der Waals surface area contributed by atoms with Crippen LogP contribution in [0.1, 0.15) is 15.4 Å². The Morgan fingerprint density at radius 3 is 2.61 bits per heavy atom. The predicted molar refractivity (Wildman–Crippen MR) is 110 cm³/mol. The summed E-state index contributed by atoms with van der Waals surface area (Å²) in [4.78, 5) is 24.3. The lowest BCUT2D eigenvalue weighted by atomic mass is 10.2. The molecule has 1 aromatic heterocycles. The van der Waals surface area contributed by atoms with Crippen LogP contribution in [-0.4, -0.2) is 27.8 Å². The lowest BCUT2D eigenvalue weighted by Gasteiger charge is -2.07. The zero-order valence-corrected chi connectivity index (χ0v) is 16.9. The fourth-order valence-electron chi connectivity index (χ4n) is 2.16. The summed E-state index contributed by atoms with van der Waals surface area (Å²) in [5, 5.41) is 13.9. The third-order valence-corrected chi connectivity index (χ3v) is 5.80. The van der Waals surface area contributed by atoms with Crippen LogP contribution in [0, 0.1) is 12.7 Å². The molecule has 0 spiro atoms. The maximum atomic E-state index is 13.1. The van der Waals surface area contributed by atoms with Gasteiger partial charge in [0.05, 0.1) is 5.75 Å². The lowest BCUT2D eigenvalue weighted by molar-refractivity contribution is -0.113. The van der Waals surface area contributed by atoms with Crippen LogP contribution in [0.3, 0.4) is 0 Å². The van der Waals surface area contributed by atoms with Gasteiger partial charge in [0.25, 0.3) is 5.91 Å². The van der Waals surface area contributed by atoms with Crippen molar-refractivity contribution in [3.63, 3.8) is 0 Å². The van der Waals surface area contributed by atoms with Gasteiger partial charge < -0.3 is 10.6 Å². The summed E-state index contributed by atoms with van der Waals surface area (Å²) in [5.41, 5.74) is 1.77. The number of benzene rings is 2. The lowest BCUT2D eigenvalue weighted by Crippen LogP contribution is -2.14. The van der Waals surface area contributed by atoms with Crippen LogP contribution >= 0.6 is 34.7 Å². The van der Waals surface area contributed by atoms with Gasteiger partial charge in [-0.25, -0.2) is 4.39 Å². The van der Waals surface area contributed by atoms with E-state index in [-0.39, 0.29) is 22.5 Å². The maximum absolute atomic E-state index is 13.1. The van der Waals surface area contributed by atoms with E-state index in [4.69, 9.17) is 11.6 Å². The summed E-state index contributed by atoms with van der Waals surface area (Å²) in [6.45, 7) is 1.71. The molecule has 0 unspecified atom stereocenters. The van der Waals surface area contributed by atoms with Gasteiger partial charge in [0.2, 0.25) is 10.9 Å². The number of nitrogens with one attached hydrogen (secondary N) is 2. The first kappa shape index (κ1) is 20.2. The number of hydrogen-bond acceptors (Lipinski definition) is 6. The second-order valence-corrected chi connectivity index (χ2v) is 8.27. The molecule has 0 aliphatic rings. The first-order chi connectivity index (χ1) is 13.4. The van der Waals surface area contributed by atoms with E-state index in [1.165, 1.54) is 18.2 Å². The van der Waals surface area contributed by atoms with Gasteiger partial charge in [-0.1, -0.05) is 34.7 Å². The van der Waals surface area contributed by atoms with Gasteiger partial charge >= 0.3 is 0 Å². The topological polar surface area (TPSA) is 84.0 Å². The van der Waals surface area contributed by atoms with Crippen molar-refractivity contribution in [1.82, 2.24) is 10.2 Å². The molecule has 0 bridgehead atoms. The van der Waals surface area contributed by atoms with Gasteiger partial charge in [-0.2, -0.15) is 0 Å². The number of carbonyl (C=O) groups excluding carboxylic acids is 2. The summed E-state index contributed by atoms with van der Waals surface area (Å²) in [7, 11) is 0. The highest BCUT2D eigenvalue weighted by Gasteiger charge is 2.15. The van der Waals surface area contributed by atoms with E-state index < -0.39 is 5.91 Å². The monoisotopic (exact) mass is 436 g/mol. The van der Waals surface area contributed by atoms with E-state index in [2.05, 4.69) is 20.8 Å². The van der Waals surface area contributed by atoms with Gasteiger partial charge in [0, 0.05) is 16.4 Å². The van der Waals surface area contributed by atoms with E-state index in [0.29, 0.717) is 26.3 Å². The third-order valence-electron chi connectivity index (χ3n) is 3.49. The number of hydrogen-bond donors (Lipinski definition) is 2. The highest BCUT2D eigenvalue weighted by atomic mass is 35.5. The first-order valence-electron chi connectivity index (χ1n) is 8.00. The molecule has 0 radical (unpaired) electrons. The second-order valence-electron chi connectivity index (χ2n) is 5.63. The highest BCUT2D eigenvalue weighted by molar-refractivity contribution is 8.01. The molecule has 6 nitrogen and oxygen atoms in total. The average molecular weight is 437 g/mol. The Kier molecular flexibility index (Phi) is 6.61. The summed E-state index contributed by atoms with van der Waals surface area (Å²) in [6, 6.07) is 10.8. The smallest absolute Gasteiger partial charge is 0.286 e. The number of amides is 2. The van der Waals surface area contributed by atoms with Crippen molar-refractivity contribution >= 4 is 57.9 Å². The fraction of sp³-hybridized carbons (Fsp3) is 0.111. The number of aromatic nitrogens is 2. The maximum Gasteiger partial charge on any atom is 0.286 e. The summed E-state index contributed by atoms with van der Waals surface area (Å²) in [6.07, 6.45) is 0. The molecule has 28 heavy (non-hydrogen) atoms. The van der Waals surface area contributed by atoms with E-state index in [0.717, 1.165) is 23.1 Å². The molecular formula is C18H14ClFN4O2S2. The molecule has 3 aromatic rings. The van der Waals surface area contributed by atoms with Crippen LogP contribution in [0.2, 0.25) is 5.02 Å². The summed E-state index contributed by atoms with van der Waals surface area (Å²) < 4.78 is 13.6. The third kappa shape index (κ3) is 5.51. The molecule has 0 atom stereocenters. The van der Waals surface area contributed by atoms with Crippen LogP contribution in [-0.2, 0) is 4.79 Å². The van der Waals surface area contributed by atoms with E-state index in [1.807, 2.05) is 0 Å². The Balaban J connectivity index is 1.53. The van der Waals surface area contributed by atoms with Crippen LogP contribution in [0.25, 0.3) is 0 Å². The average Bonchev–Trinajstić information content (AvgIpc) is 3.13. The van der Waals surface area contributed by atoms with Crippen molar-refractivity contribution in [3.8, 4) is 0 Å². The SMILES string of the molecule is Cc1cc(F)ccc1NC(=O)CSc1nnc(C(=O)Nc2ccc(Cl)cc2)s1. The Bertz CT molecular complexity index is 1010. The molecular weight excluding hydrogens is 423 g/mol. The van der Waals surface area contributed by atoms with Crippen molar-refractivity contribution in [2.45, 2.75) is 11.3 Å². The number of anilines is 2. The number of halogens is 2. The molecule has 144 valence electrons. The molecule has 0 saturated heterocycles. The second kappa shape index (κ2) is 9.13. The first-order valence-corrected chi connectivity index (χ1v) is 10.2. The zero-order valence-electron chi connectivity index (χ0n) is 14.5. The molecule has 2 amide bonds. The summed E-state index contributed by atoms with van der Waals surface area (Å²) in [5.74, 6) is -0.923. The minimum atomic E-state index is -0.391. The van der Waals surface area contributed by atoms with Gasteiger partial charge in [0.15, 0.2) is 4.34 Å². The number of thioether (sulfide) groups is 1. The van der Waals surface area contributed by atoms with E-state index >= 15 is 0 Å². The minimum Gasteiger partial charge on any atom is -0.325 e. The molecule has 2 N–H and O–H groups in total. The van der Waals surface area contributed by atoms with Crippen LogP contribution in [0.15, 0.2) is 46.8 Å². The number of rotatable bonds is 6. The van der Waals surface area contributed by atoms with Crippen molar-refractivity contribution in [2.24, 2.45) is 0 Å². The molecule has 3 rings (SSSR count). The molecule has 2 aromatic carbocycles. The van der Waals surface area contributed by atoms with Gasteiger partial charge in [-0.05, 0) is 55.0 Å². The Morgan fingerprint density at radius 1 is 1.14 bits per heavy atom. The largest absolute Gasteiger partial charge is 0.325 e. The van der Waals surface area contributed by atoms with Crippen LogP contribution in [0.4, 0.5) is 15.8 Å². The van der Waals surface area contributed by atoms with Crippen molar-refractivity contribution < 1.29 is 14.0 Å². The molecule has 0 aliphatic heterocycles.